The molecular weight excluding hydrogens is 531 g/mol. The van der Waals surface area contributed by atoms with E-state index in [1.54, 1.807) is 19.2 Å². The van der Waals surface area contributed by atoms with Crippen LogP contribution in [0.25, 0.3) is 10.8 Å². The Kier molecular flexibility index (Phi) is 8.89. The lowest BCUT2D eigenvalue weighted by molar-refractivity contribution is 0.0775. The fourth-order valence-corrected chi connectivity index (χ4v) is 6.40. The molecule has 3 heterocycles. The normalized spacial score (nSPS) is 18.7. The lowest BCUT2D eigenvalue weighted by Gasteiger charge is -2.36. The van der Waals surface area contributed by atoms with Crippen LogP contribution in [0.15, 0.2) is 53.5 Å². The molecule has 8 heteroatoms. The van der Waals surface area contributed by atoms with E-state index in [0.29, 0.717) is 17.9 Å². The number of hydrogen-bond acceptors (Lipinski definition) is 6. The topological polar surface area (TPSA) is 57.6 Å². The van der Waals surface area contributed by atoms with Crippen molar-refractivity contribution in [1.29, 1.82) is 0 Å². The molecule has 3 aromatic rings. The van der Waals surface area contributed by atoms with Gasteiger partial charge >= 0.3 is 0 Å². The Morgan fingerprint density at radius 2 is 1.62 bits per heavy atom. The Bertz CT molecular complexity index is 1420. The van der Waals surface area contributed by atoms with Gasteiger partial charge in [-0.25, -0.2) is 4.39 Å². The number of amides is 1. The Balaban J connectivity index is 0.933. The molecule has 222 valence electrons. The van der Waals surface area contributed by atoms with Crippen LogP contribution in [-0.4, -0.2) is 80.9 Å². The molecule has 42 heavy (non-hydrogen) atoms. The zero-order chi connectivity index (χ0) is 28.9. The standard InChI is InChI=1S/C34H41FN4O3/c1-41-32-22-25-20-30-31(36-24-29-8-7-14-39(29)34(30)40)21-26(25)23-33(32)42-19-6-4-2-3-5-13-37-15-17-38(18-16-37)28-11-9-27(35)10-12-28/h9-12,20-24,29H,2-8,13-19H2,1H3/t29-/m0/s1. The summed E-state index contributed by atoms with van der Waals surface area (Å²) in [7, 11) is 1.66. The first-order valence-electron chi connectivity index (χ1n) is 15.5. The number of aliphatic imine (C=N–C) groups is 1. The van der Waals surface area contributed by atoms with Gasteiger partial charge in [0.05, 0.1) is 31.0 Å². The summed E-state index contributed by atoms with van der Waals surface area (Å²) < 4.78 is 25.0. The van der Waals surface area contributed by atoms with Gasteiger partial charge in [-0.2, -0.15) is 0 Å². The van der Waals surface area contributed by atoms with Crippen molar-refractivity contribution in [2.45, 2.75) is 51.0 Å². The third-order valence-electron chi connectivity index (χ3n) is 8.85. The van der Waals surface area contributed by atoms with Crippen molar-refractivity contribution in [3.8, 4) is 11.5 Å². The van der Waals surface area contributed by atoms with Crippen molar-refractivity contribution in [1.82, 2.24) is 9.80 Å². The zero-order valence-corrected chi connectivity index (χ0v) is 24.6. The second kappa shape index (κ2) is 13.1. The van der Waals surface area contributed by atoms with Crippen LogP contribution in [0.1, 0.15) is 55.3 Å². The summed E-state index contributed by atoms with van der Waals surface area (Å²) >= 11 is 0. The van der Waals surface area contributed by atoms with Crippen LogP contribution in [0.5, 0.6) is 11.5 Å². The van der Waals surface area contributed by atoms with Gasteiger partial charge in [0, 0.05) is 44.6 Å². The minimum absolute atomic E-state index is 0.0654. The third kappa shape index (κ3) is 6.38. The molecule has 0 unspecified atom stereocenters. The smallest absolute Gasteiger partial charge is 0.256 e. The number of fused-ring (bicyclic) bond motifs is 3. The summed E-state index contributed by atoms with van der Waals surface area (Å²) in [6.45, 7) is 6.68. The monoisotopic (exact) mass is 572 g/mol. The highest BCUT2D eigenvalue weighted by Gasteiger charge is 2.32. The Morgan fingerprint density at radius 3 is 2.43 bits per heavy atom. The van der Waals surface area contributed by atoms with Crippen LogP contribution in [0, 0.1) is 5.82 Å². The van der Waals surface area contributed by atoms with Crippen LogP contribution in [0.4, 0.5) is 15.8 Å². The van der Waals surface area contributed by atoms with Crippen molar-refractivity contribution in [2.75, 3.05) is 57.9 Å². The van der Waals surface area contributed by atoms with Gasteiger partial charge in [0.1, 0.15) is 5.82 Å². The van der Waals surface area contributed by atoms with Gasteiger partial charge in [0.25, 0.3) is 5.91 Å². The fraction of sp³-hybridized carbons (Fsp3) is 0.471. The molecule has 3 aromatic carbocycles. The molecule has 7 nitrogen and oxygen atoms in total. The number of carbonyl (C=O) groups is 1. The summed E-state index contributed by atoms with van der Waals surface area (Å²) in [4.78, 5) is 24.7. The fourth-order valence-electron chi connectivity index (χ4n) is 6.40. The number of rotatable bonds is 11. The Morgan fingerprint density at radius 1 is 0.881 bits per heavy atom. The van der Waals surface area contributed by atoms with E-state index in [-0.39, 0.29) is 17.8 Å². The van der Waals surface area contributed by atoms with E-state index in [4.69, 9.17) is 9.47 Å². The molecule has 6 rings (SSSR count). The number of halogens is 1. The quantitative estimate of drug-likeness (QED) is 0.247. The predicted molar refractivity (Wildman–Crippen MR) is 166 cm³/mol. The summed E-state index contributed by atoms with van der Waals surface area (Å²) in [6.07, 6.45) is 9.70. The average Bonchev–Trinajstić information content (AvgIpc) is 3.45. The highest BCUT2D eigenvalue weighted by Crippen LogP contribution is 2.37. The van der Waals surface area contributed by atoms with Gasteiger partial charge in [0.15, 0.2) is 11.5 Å². The van der Waals surface area contributed by atoms with E-state index in [9.17, 15) is 9.18 Å². The minimum atomic E-state index is -0.180. The van der Waals surface area contributed by atoms with E-state index in [1.165, 1.54) is 19.3 Å². The van der Waals surface area contributed by atoms with E-state index in [2.05, 4.69) is 14.8 Å². The van der Waals surface area contributed by atoms with Gasteiger partial charge in [0.2, 0.25) is 0 Å². The van der Waals surface area contributed by atoms with Crippen molar-refractivity contribution in [2.24, 2.45) is 4.99 Å². The van der Waals surface area contributed by atoms with Crippen LogP contribution in [0.3, 0.4) is 0 Å². The molecule has 1 atom stereocenters. The molecule has 0 aromatic heterocycles. The molecule has 0 radical (unpaired) electrons. The number of benzene rings is 3. The van der Waals surface area contributed by atoms with Crippen LogP contribution in [0.2, 0.25) is 0 Å². The second-order valence-corrected chi connectivity index (χ2v) is 11.6. The van der Waals surface area contributed by atoms with Crippen LogP contribution in [-0.2, 0) is 0 Å². The number of piperazine rings is 1. The number of ether oxygens (including phenoxy) is 2. The first-order chi connectivity index (χ1) is 20.6. The maximum atomic E-state index is 13.2. The first kappa shape index (κ1) is 28.5. The highest BCUT2D eigenvalue weighted by atomic mass is 19.1. The number of carbonyl (C=O) groups excluding carboxylic acids is 1. The van der Waals surface area contributed by atoms with Gasteiger partial charge in [-0.05, 0) is 91.5 Å². The highest BCUT2D eigenvalue weighted by molar-refractivity contribution is 6.07. The largest absolute Gasteiger partial charge is 0.493 e. The van der Waals surface area contributed by atoms with Gasteiger partial charge in [-0.3, -0.25) is 14.7 Å². The third-order valence-corrected chi connectivity index (χ3v) is 8.85. The number of hydrogen-bond donors (Lipinski definition) is 0. The van der Waals surface area contributed by atoms with E-state index < -0.39 is 0 Å². The lowest BCUT2D eigenvalue weighted by Crippen LogP contribution is -2.46. The molecule has 0 aliphatic carbocycles. The maximum Gasteiger partial charge on any atom is 0.256 e. The summed E-state index contributed by atoms with van der Waals surface area (Å²) in [5, 5.41) is 1.95. The lowest BCUT2D eigenvalue weighted by atomic mass is 10.0. The molecule has 0 N–H and O–H groups in total. The molecule has 0 spiro atoms. The number of anilines is 1. The molecule has 3 aliphatic heterocycles. The molecule has 2 fully saturated rings. The van der Waals surface area contributed by atoms with Crippen molar-refractivity contribution in [3.63, 3.8) is 0 Å². The maximum absolute atomic E-state index is 13.2. The molecule has 0 bridgehead atoms. The summed E-state index contributed by atoms with van der Waals surface area (Å²) in [5.41, 5.74) is 2.50. The van der Waals surface area contributed by atoms with Crippen LogP contribution < -0.4 is 14.4 Å². The van der Waals surface area contributed by atoms with E-state index >= 15 is 0 Å². The van der Waals surface area contributed by atoms with E-state index in [1.807, 2.05) is 47.5 Å². The van der Waals surface area contributed by atoms with Crippen molar-refractivity contribution >= 4 is 34.3 Å². The Hall–Kier alpha value is -3.65. The molecule has 0 saturated carbocycles. The van der Waals surface area contributed by atoms with Crippen LogP contribution >= 0.6 is 0 Å². The minimum Gasteiger partial charge on any atom is -0.493 e. The average molecular weight is 573 g/mol. The Labute approximate surface area is 247 Å². The number of nitrogens with zero attached hydrogens (tertiary/aromatic N) is 4. The number of unbranched alkanes of at least 4 members (excludes halogenated alkanes) is 4. The van der Waals surface area contributed by atoms with Gasteiger partial charge in [-0.1, -0.05) is 19.3 Å². The number of methoxy groups -OCH3 is 1. The van der Waals surface area contributed by atoms with Crippen molar-refractivity contribution in [3.05, 3.63) is 59.9 Å². The molecular formula is C34H41FN4O3. The predicted octanol–water partition coefficient (Wildman–Crippen LogP) is 6.46. The zero-order valence-electron chi connectivity index (χ0n) is 24.6. The molecule has 3 aliphatic rings. The second-order valence-electron chi connectivity index (χ2n) is 11.6. The van der Waals surface area contributed by atoms with Gasteiger partial charge in [-0.15, -0.1) is 0 Å². The SMILES string of the molecule is COc1cc2cc3c(cc2cc1OCCCCCCCN1CCN(c2ccc(F)cc2)CC1)N=C[C@@H]1CCCN1C3=O. The van der Waals surface area contributed by atoms with Gasteiger partial charge < -0.3 is 19.3 Å². The summed E-state index contributed by atoms with van der Waals surface area (Å²) in [5.74, 6) is 1.30. The summed E-state index contributed by atoms with van der Waals surface area (Å²) in [6, 6.07) is 14.9. The van der Waals surface area contributed by atoms with E-state index in [0.717, 1.165) is 92.8 Å². The molecule has 1 amide bonds. The van der Waals surface area contributed by atoms with Crippen molar-refractivity contribution < 1.29 is 18.7 Å². The molecule has 2 saturated heterocycles. The first-order valence-corrected chi connectivity index (χ1v) is 15.5.